The van der Waals surface area contributed by atoms with Gasteiger partial charge in [-0.2, -0.15) is 11.8 Å². The van der Waals surface area contributed by atoms with Crippen LogP contribution in [0.4, 0.5) is 15.8 Å². The molecule has 0 aromatic heterocycles. The maximum absolute atomic E-state index is 13.3. The van der Waals surface area contributed by atoms with E-state index in [1.807, 2.05) is 11.8 Å². The zero-order valence-corrected chi connectivity index (χ0v) is 12.4. The number of nitrogens with two attached hydrogens (primary N) is 1. The summed E-state index contributed by atoms with van der Waals surface area (Å²) in [5.41, 5.74) is 7.33. The summed E-state index contributed by atoms with van der Waals surface area (Å²) in [7, 11) is 0. The van der Waals surface area contributed by atoms with Crippen molar-refractivity contribution >= 4 is 39.1 Å². The summed E-state index contributed by atoms with van der Waals surface area (Å²) in [6, 6.07) is 3.16. The van der Waals surface area contributed by atoms with Crippen LogP contribution in [0.25, 0.3) is 0 Å². The molecule has 0 radical (unpaired) electrons. The van der Waals surface area contributed by atoms with E-state index in [1.54, 1.807) is 6.07 Å². The van der Waals surface area contributed by atoms with Crippen LogP contribution in [0.3, 0.4) is 0 Å². The van der Waals surface area contributed by atoms with Crippen LogP contribution in [-0.4, -0.2) is 23.6 Å². The number of benzene rings is 1. The lowest BCUT2D eigenvalue weighted by Crippen LogP contribution is -2.43. The third-order valence-electron chi connectivity index (χ3n) is 2.84. The quantitative estimate of drug-likeness (QED) is 0.803. The van der Waals surface area contributed by atoms with Gasteiger partial charge in [0.15, 0.2) is 0 Å². The molecule has 0 saturated carbocycles. The molecule has 2 nitrogen and oxygen atoms in total. The van der Waals surface area contributed by atoms with Crippen LogP contribution in [0.5, 0.6) is 0 Å². The maximum atomic E-state index is 13.3. The van der Waals surface area contributed by atoms with Gasteiger partial charge in [-0.05, 0) is 35.8 Å². The molecule has 2 rings (SSSR count). The molecule has 1 aromatic carbocycles. The minimum absolute atomic E-state index is 0.214. The van der Waals surface area contributed by atoms with Gasteiger partial charge in [0.05, 0.1) is 15.8 Å². The summed E-state index contributed by atoms with van der Waals surface area (Å²) in [5, 5.41) is 0. The second kappa shape index (κ2) is 4.69. The van der Waals surface area contributed by atoms with Crippen LogP contribution < -0.4 is 10.6 Å². The van der Waals surface area contributed by atoms with Gasteiger partial charge >= 0.3 is 0 Å². The summed E-state index contributed by atoms with van der Waals surface area (Å²) in [5.74, 6) is 0.762. The van der Waals surface area contributed by atoms with Crippen molar-refractivity contribution in [3.05, 3.63) is 22.4 Å². The van der Waals surface area contributed by atoms with Crippen molar-refractivity contribution in [3.8, 4) is 0 Å². The Bertz CT molecular complexity index is 437. The molecular formula is C12H16BrFN2S. The fraction of sp³-hybridized carbons (Fsp3) is 0.500. The molecule has 0 atom stereocenters. The van der Waals surface area contributed by atoms with Gasteiger partial charge in [-0.3, -0.25) is 0 Å². The highest BCUT2D eigenvalue weighted by atomic mass is 79.9. The van der Waals surface area contributed by atoms with Gasteiger partial charge in [-0.15, -0.1) is 0 Å². The van der Waals surface area contributed by atoms with E-state index in [0.717, 1.165) is 24.5 Å². The zero-order valence-electron chi connectivity index (χ0n) is 9.96. The van der Waals surface area contributed by atoms with E-state index in [4.69, 9.17) is 5.73 Å². The number of nitrogens with zero attached hydrogens (tertiary/aromatic N) is 1. The van der Waals surface area contributed by atoms with E-state index in [-0.39, 0.29) is 10.6 Å². The average molecular weight is 319 g/mol. The van der Waals surface area contributed by atoms with E-state index < -0.39 is 0 Å². The first-order chi connectivity index (χ1) is 7.89. The summed E-state index contributed by atoms with van der Waals surface area (Å²) >= 11 is 5.18. The minimum Gasteiger partial charge on any atom is -0.397 e. The molecule has 1 fully saturated rings. The number of rotatable bonds is 1. The lowest BCUT2D eigenvalue weighted by atomic mass is 10.1. The van der Waals surface area contributed by atoms with Gasteiger partial charge in [-0.1, -0.05) is 0 Å². The second-order valence-electron chi connectivity index (χ2n) is 4.85. The Morgan fingerprint density at radius 3 is 2.82 bits per heavy atom. The van der Waals surface area contributed by atoms with Crippen molar-refractivity contribution in [1.29, 1.82) is 0 Å². The number of hydrogen-bond acceptors (Lipinski definition) is 3. The molecule has 94 valence electrons. The standard InChI is InChI=1S/C12H16BrFN2S/c1-12(2)7-16(3-4-17-12)11-5-8(13)9(14)6-10(11)15/h5-6H,3-4,7,15H2,1-2H3. The lowest BCUT2D eigenvalue weighted by Gasteiger charge is -2.39. The Morgan fingerprint density at radius 1 is 1.47 bits per heavy atom. The fourth-order valence-electron chi connectivity index (χ4n) is 2.05. The van der Waals surface area contributed by atoms with Gasteiger partial charge in [0, 0.05) is 29.7 Å². The normalized spacial score (nSPS) is 19.4. The van der Waals surface area contributed by atoms with Crippen molar-refractivity contribution < 1.29 is 4.39 Å². The molecule has 0 spiro atoms. The third kappa shape index (κ3) is 2.88. The van der Waals surface area contributed by atoms with E-state index in [0.29, 0.717) is 10.2 Å². The van der Waals surface area contributed by atoms with Crippen LogP contribution in [0, 0.1) is 5.82 Å². The lowest BCUT2D eigenvalue weighted by molar-refractivity contribution is 0.619. The molecule has 0 unspecified atom stereocenters. The Morgan fingerprint density at radius 2 is 2.18 bits per heavy atom. The molecule has 0 amide bonds. The molecule has 0 aliphatic carbocycles. The average Bonchev–Trinajstić information content (AvgIpc) is 2.22. The molecule has 2 N–H and O–H groups in total. The topological polar surface area (TPSA) is 29.3 Å². The van der Waals surface area contributed by atoms with Crippen LogP contribution in [0.1, 0.15) is 13.8 Å². The molecule has 1 aliphatic rings. The predicted molar refractivity (Wildman–Crippen MR) is 77.3 cm³/mol. The summed E-state index contributed by atoms with van der Waals surface area (Å²) in [6.45, 7) is 6.33. The predicted octanol–water partition coefficient (Wildman–Crippen LogP) is 3.50. The van der Waals surface area contributed by atoms with Crippen molar-refractivity contribution in [2.45, 2.75) is 18.6 Å². The second-order valence-corrected chi connectivity index (χ2v) is 7.51. The molecule has 1 aromatic rings. The van der Waals surface area contributed by atoms with E-state index in [2.05, 4.69) is 34.7 Å². The summed E-state index contributed by atoms with van der Waals surface area (Å²) in [6.07, 6.45) is 0. The number of nitrogen functional groups attached to an aromatic ring is 1. The van der Waals surface area contributed by atoms with E-state index in [1.165, 1.54) is 6.07 Å². The minimum atomic E-state index is -0.308. The van der Waals surface area contributed by atoms with Crippen LogP contribution in [0.15, 0.2) is 16.6 Å². The largest absolute Gasteiger partial charge is 0.397 e. The first-order valence-electron chi connectivity index (χ1n) is 5.52. The molecule has 1 saturated heterocycles. The Hall–Kier alpha value is -0.420. The maximum Gasteiger partial charge on any atom is 0.139 e. The van der Waals surface area contributed by atoms with Gasteiger partial charge in [0.1, 0.15) is 5.82 Å². The van der Waals surface area contributed by atoms with Crippen LogP contribution in [-0.2, 0) is 0 Å². The fourth-order valence-corrected chi connectivity index (χ4v) is 3.49. The van der Waals surface area contributed by atoms with E-state index in [9.17, 15) is 4.39 Å². The van der Waals surface area contributed by atoms with E-state index >= 15 is 0 Å². The Kier molecular flexibility index (Phi) is 3.59. The van der Waals surface area contributed by atoms with Gasteiger partial charge in [0.25, 0.3) is 0 Å². The number of halogens is 2. The van der Waals surface area contributed by atoms with Crippen molar-refractivity contribution in [2.75, 3.05) is 29.5 Å². The third-order valence-corrected chi connectivity index (χ3v) is 4.74. The summed E-state index contributed by atoms with van der Waals surface area (Å²) in [4.78, 5) is 2.23. The Labute approximate surface area is 114 Å². The smallest absolute Gasteiger partial charge is 0.139 e. The van der Waals surface area contributed by atoms with Crippen molar-refractivity contribution in [1.82, 2.24) is 0 Å². The highest BCUT2D eigenvalue weighted by Gasteiger charge is 2.28. The molecule has 0 bridgehead atoms. The first-order valence-corrected chi connectivity index (χ1v) is 7.30. The van der Waals surface area contributed by atoms with Gasteiger partial charge in [0.2, 0.25) is 0 Å². The SMILES string of the molecule is CC1(C)CN(c2cc(Br)c(F)cc2N)CCS1. The van der Waals surface area contributed by atoms with Crippen LogP contribution >= 0.6 is 27.7 Å². The molecule has 17 heavy (non-hydrogen) atoms. The van der Waals surface area contributed by atoms with Gasteiger partial charge in [-0.25, -0.2) is 4.39 Å². The number of anilines is 2. The molecule has 1 aliphatic heterocycles. The molecule has 5 heteroatoms. The van der Waals surface area contributed by atoms with Gasteiger partial charge < -0.3 is 10.6 Å². The zero-order chi connectivity index (χ0) is 12.6. The Balaban J connectivity index is 2.31. The number of thioether (sulfide) groups is 1. The van der Waals surface area contributed by atoms with Crippen molar-refractivity contribution in [3.63, 3.8) is 0 Å². The number of hydrogen-bond donors (Lipinski definition) is 1. The molecule has 1 heterocycles. The van der Waals surface area contributed by atoms with Crippen LogP contribution in [0.2, 0.25) is 0 Å². The first kappa shape index (κ1) is 13.0. The monoisotopic (exact) mass is 318 g/mol. The molecular weight excluding hydrogens is 303 g/mol. The highest BCUT2D eigenvalue weighted by Crippen LogP contribution is 2.36. The van der Waals surface area contributed by atoms with Crippen molar-refractivity contribution in [2.24, 2.45) is 0 Å². The summed E-state index contributed by atoms with van der Waals surface area (Å²) < 4.78 is 14.0. The highest BCUT2D eigenvalue weighted by molar-refractivity contribution is 9.10.